The number of urea groups is 1. The van der Waals surface area contributed by atoms with Crippen LogP contribution in [0.15, 0.2) is 48.5 Å². The van der Waals surface area contributed by atoms with Crippen molar-refractivity contribution in [1.29, 1.82) is 0 Å². The standard InChI is InChI=1S/C23H31N3O/c1-17-10-12-19(13-11-17)26-15-14-25(16-18(26)2)22(27)24-21-9-7-6-8-20(21)23(3,4)5/h6-13,18H,14-16H2,1-5H3,(H,24,27). The number of hydrogen-bond donors (Lipinski definition) is 1. The lowest BCUT2D eigenvalue weighted by Gasteiger charge is -2.41. The number of para-hydroxylation sites is 1. The molecule has 0 aromatic heterocycles. The van der Waals surface area contributed by atoms with Crippen LogP contribution in [-0.2, 0) is 5.41 Å². The zero-order valence-corrected chi connectivity index (χ0v) is 17.1. The van der Waals surface area contributed by atoms with Gasteiger partial charge in [0.1, 0.15) is 0 Å². The van der Waals surface area contributed by atoms with Crippen LogP contribution in [0.5, 0.6) is 0 Å². The van der Waals surface area contributed by atoms with Crippen LogP contribution in [0.25, 0.3) is 0 Å². The second-order valence-corrected chi connectivity index (χ2v) is 8.55. The van der Waals surface area contributed by atoms with Gasteiger partial charge in [-0.15, -0.1) is 0 Å². The Kier molecular flexibility index (Phi) is 5.45. The molecule has 1 aliphatic heterocycles. The molecule has 0 saturated carbocycles. The van der Waals surface area contributed by atoms with E-state index in [1.165, 1.54) is 11.3 Å². The third kappa shape index (κ3) is 4.44. The minimum atomic E-state index is -0.0126. The van der Waals surface area contributed by atoms with Crippen LogP contribution in [0.3, 0.4) is 0 Å². The Bertz CT molecular complexity index is 792. The highest BCUT2D eigenvalue weighted by Crippen LogP contribution is 2.29. The number of anilines is 2. The lowest BCUT2D eigenvalue weighted by Crippen LogP contribution is -2.54. The Hall–Kier alpha value is -2.49. The van der Waals surface area contributed by atoms with E-state index in [2.05, 4.69) is 75.2 Å². The summed E-state index contributed by atoms with van der Waals surface area (Å²) < 4.78 is 0. The number of nitrogens with one attached hydrogen (secondary N) is 1. The second kappa shape index (κ2) is 7.63. The number of hydrogen-bond acceptors (Lipinski definition) is 2. The highest BCUT2D eigenvalue weighted by atomic mass is 16.2. The molecule has 4 nitrogen and oxygen atoms in total. The minimum Gasteiger partial charge on any atom is -0.365 e. The van der Waals surface area contributed by atoms with Crippen molar-refractivity contribution >= 4 is 17.4 Å². The van der Waals surface area contributed by atoms with Crippen molar-refractivity contribution in [2.24, 2.45) is 0 Å². The molecular formula is C23H31N3O. The van der Waals surface area contributed by atoms with Gasteiger partial charge in [0.15, 0.2) is 0 Å². The molecule has 1 fully saturated rings. The quantitative estimate of drug-likeness (QED) is 0.810. The molecule has 2 aromatic rings. The maximum absolute atomic E-state index is 12.9. The van der Waals surface area contributed by atoms with Gasteiger partial charge in [0.25, 0.3) is 0 Å². The fourth-order valence-electron chi connectivity index (χ4n) is 3.70. The van der Waals surface area contributed by atoms with E-state index in [0.717, 1.165) is 30.9 Å². The molecule has 0 aliphatic carbocycles. The summed E-state index contributed by atoms with van der Waals surface area (Å²) >= 11 is 0. The summed E-state index contributed by atoms with van der Waals surface area (Å²) in [5.41, 5.74) is 4.54. The van der Waals surface area contributed by atoms with Gasteiger partial charge in [0.05, 0.1) is 0 Å². The van der Waals surface area contributed by atoms with Gasteiger partial charge in [0, 0.05) is 37.1 Å². The fraction of sp³-hybridized carbons (Fsp3) is 0.435. The van der Waals surface area contributed by atoms with E-state index in [9.17, 15) is 4.79 Å². The molecule has 4 heteroatoms. The van der Waals surface area contributed by atoms with Crippen LogP contribution in [0.1, 0.15) is 38.8 Å². The highest BCUT2D eigenvalue weighted by molar-refractivity contribution is 5.90. The molecule has 1 unspecified atom stereocenters. The van der Waals surface area contributed by atoms with Crippen LogP contribution >= 0.6 is 0 Å². The van der Waals surface area contributed by atoms with Crippen LogP contribution in [0, 0.1) is 6.92 Å². The van der Waals surface area contributed by atoms with Gasteiger partial charge in [-0.05, 0) is 43.0 Å². The summed E-state index contributed by atoms with van der Waals surface area (Å²) in [6.07, 6.45) is 0. The summed E-state index contributed by atoms with van der Waals surface area (Å²) in [4.78, 5) is 17.2. The number of carbonyl (C=O) groups is 1. The van der Waals surface area contributed by atoms with Crippen molar-refractivity contribution in [3.05, 3.63) is 59.7 Å². The SMILES string of the molecule is Cc1ccc(N2CCN(C(=O)Nc3ccccc3C(C)(C)C)CC2C)cc1. The number of nitrogens with zero attached hydrogens (tertiary/aromatic N) is 2. The van der Waals surface area contributed by atoms with E-state index < -0.39 is 0 Å². The molecule has 2 amide bonds. The van der Waals surface area contributed by atoms with Crippen molar-refractivity contribution in [3.8, 4) is 0 Å². The number of carbonyl (C=O) groups excluding carboxylic acids is 1. The van der Waals surface area contributed by atoms with Gasteiger partial charge in [0.2, 0.25) is 0 Å². The number of aryl methyl sites for hydroxylation is 1. The minimum absolute atomic E-state index is 0.0119. The average Bonchev–Trinajstić information content (AvgIpc) is 2.62. The predicted octanol–water partition coefficient (Wildman–Crippen LogP) is 5.04. The lowest BCUT2D eigenvalue weighted by atomic mass is 9.86. The average molecular weight is 366 g/mol. The van der Waals surface area contributed by atoms with Gasteiger partial charge in [-0.2, -0.15) is 0 Å². The van der Waals surface area contributed by atoms with E-state index in [1.807, 2.05) is 23.1 Å². The first kappa shape index (κ1) is 19.3. The summed E-state index contributed by atoms with van der Waals surface area (Å²) in [7, 11) is 0. The third-order valence-corrected chi connectivity index (χ3v) is 5.26. The van der Waals surface area contributed by atoms with Gasteiger partial charge in [-0.3, -0.25) is 0 Å². The second-order valence-electron chi connectivity index (χ2n) is 8.55. The van der Waals surface area contributed by atoms with Gasteiger partial charge in [-0.25, -0.2) is 4.79 Å². The lowest BCUT2D eigenvalue weighted by molar-refractivity contribution is 0.200. The number of amides is 2. The van der Waals surface area contributed by atoms with Crippen LogP contribution in [0.2, 0.25) is 0 Å². The molecule has 1 N–H and O–H groups in total. The monoisotopic (exact) mass is 365 g/mol. The first-order chi connectivity index (χ1) is 12.8. The summed E-state index contributed by atoms with van der Waals surface area (Å²) in [6, 6.07) is 17.0. The van der Waals surface area contributed by atoms with Gasteiger partial charge >= 0.3 is 6.03 Å². The zero-order chi connectivity index (χ0) is 19.6. The van der Waals surface area contributed by atoms with Crippen LogP contribution in [0.4, 0.5) is 16.2 Å². The normalized spacial score (nSPS) is 17.7. The topological polar surface area (TPSA) is 35.6 Å². The molecule has 0 spiro atoms. The van der Waals surface area contributed by atoms with E-state index in [4.69, 9.17) is 0 Å². The number of rotatable bonds is 2. The Balaban J connectivity index is 1.67. The summed E-state index contributed by atoms with van der Waals surface area (Å²) in [5, 5.41) is 3.14. The Labute approximate surface area is 163 Å². The number of piperazine rings is 1. The van der Waals surface area contributed by atoms with Crippen molar-refractivity contribution < 1.29 is 4.79 Å². The van der Waals surface area contributed by atoms with Gasteiger partial charge < -0.3 is 15.1 Å². The molecule has 1 atom stereocenters. The Morgan fingerprint density at radius 1 is 1.04 bits per heavy atom. The molecule has 1 saturated heterocycles. The van der Waals surface area contributed by atoms with Crippen LogP contribution < -0.4 is 10.2 Å². The molecule has 1 heterocycles. The molecule has 144 valence electrons. The zero-order valence-electron chi connectivity index (χ0n) is 17.1. The Morgan fingerprint density at radius 3 is 2.33 bits per heavy atom. The molecular weight excluding hydrogens is 334 g/mol. The highest BCUT2D eigenvalue weighted by Gasteiger charge is 2.28. The molecule has 0 radical (unpaired) electrons. The van der Waals surface area contributed by atoms with Crippen molar-refractivity contribution in [2.45, 2.75) is 46.1 Å². The molecule has 2 aromatic carbocycles. The molecule has 3 rings (SSSR count). The first-order valence-corrected chi connectivity index (χ1v) is 9.74. The third-order valence-electron chi connectivity index (χ3n) is 5.26. The van der Waals surface area contributed by atoms with Crippen LogP contribution in [-0.4, -0.2) is 36.6 Å². The van der Waals surface area contributed by atoms with Crippen molar-refractivity contribution in [2.75, 3.05) is 29.9 Å². The maximum Gasteiger partial charge on any atom is 0.321 e. The van der Waals surface area contributed by atoms with E-state index in [0.29, 0.717) is 0 Å². The summed E-state index contributed by atoms with van der Waals surface area (Å²) in [5.74, 6) is 0. The maximum atomic E-state index is 12.9. The molecule has 27 heavy (non-hydrogen) atoms. The Morgan fingerprint density at radius 2 is 1.70 bits per heavy atom. The number of benzene rings is 2. The van der Waals surface area contributed by atoms with Crippen molar-refractivity contribution in [3.63, 3.8) is 0 Å². The van der Waals surface area contributed by atoms with Crippen molar-refractivity contribution in [1.82, 2.24) is 4.90 Å². The van der Waals surface area contributed by atoms with E-state index in [-0.39, 0.29) is 17.5 Å². The summed E-state index contributed by atoms with van der Waals surface area (Å²) in [6.45, 7) is 13.1. The molecule has 1 aliphatic rings. The predicted molar refractivity (Wildman–Crippen MR) is 114 cm³/mol. The largest absolute Gasteiger partial charge is 0.365 e. The fourth-order valence-corrected chi connectivity index (χ4v) is 3.70. The smallest absolute Gasteiger partial charge is 0.321 e. The van der Waals surface area contributed by atoms with Gasteiger partial charge in [-0.1, -0.05) is 56.7 Å². The first-order valence-electron chi connectivity index (χ1n) is 9.74. The molecule has 0 bridgehead atoms. The van der Waals surface area contributed by atoms with E-state index in [1.54, 1.807) is 0 Å². The van der Waals surface area contributed by atoms with E-state index >= 15 is 0 Å².